The van der Waals surface area contributed by atoms with Gasteiger partial charge in [0.05, 0.1) is 18.7 Å². The molecule has 0 aliphatic carbocycles. The second-order valence-electron chi connectivity index (χ2n) is 4.64. The molecule has 1 amide bonds. The van der Waals surface area contributed by atoms with E-state index >= 15 is 0 Å². The summed E-state index contributed by atoms with van der Waals surface area (Å²) in [5.41, 5.74) is 1.77. The topological polar surface area (TPSA) is 85.1 Å². The van der Waals surface area contributed by atoms with Crippen LogP contribution in [0.4, 0.5) is 5.82 Å². The molecule has 8 heteroatoms. The maximum Gasteiger partial charge on any atom is 0.266 e. The van der Waals surface area contributed by atoms with E-state index < -0.39 is 0 Å². The number of hydrogen-bond acceptors (Lipinski definition) is 5. The second kappa shape index (κ2) is 6.12. The van der Waals surface area contributed by atoms with Crippen LogP contribution >= 0.6 is 12.2 Å². The number of nitrogens with one attached hydrogen (secondary N) is 2. The third kappa shape index (κ3) is 3.07. The molecule has 0 aliphatic heterocycles. The normalized spacial score (nSPS) is 11.0. The van der Waals surface area contributed by atoms with E-state index in [1.807, 2.05) is 0 Å². The van der Waals surface area contributed by atoms with Gasteiger partial charge in [-0.3, -0.25) is 9.48 Å². The van der Waals surface area contributed by atoms with Crippen LogP contribution in [0.2, 0.25) is 0 Å². The summed E-state index contributed by atoms with van der Waals surface area (Å²) in [6.45, 7) is 1.19. The first kappa shape index (κ1) is 14.5. The second-order valence-corrected chi connectivity index (χ2v) is 5.01. The predicted molar refractivity (Wildman–Crippen MR) is 83.5 cm³/mol. The Hall–Kier alpha value is -2.45. The largest absolute Gasteiger partial charge is 0.429 e. The molecular formula is C14H14N4O3S. The molecule has 0 aliphatic rings. The molecule has 0 saturated heterocycles. The van der Waals surface area contributed by atoms with Crippen LogP contribution in [0.15, 0.2) is 34.9 Å². The molecular weight excluding hydrogens is 304 g/mol. The lowest BCUT2D eigenvalue weighted by Gasteiger charge is -2.02. The maximum absolute atomic E-state index is 12.2. The molecule has 114 valence electrons. The van der Waals surface area contributed by atoms with Crippen LogP contribution in [0.25, 0.3) is 11.1 Å². The number of rotatable bonds is 5. The lowest BCUT2D eigenvalue weighted by atomic mass is 10.2. The van der Waals surface area contributed by atoms with E-state index in [1.54, 1.807) is 42.3 Å². The highest BCUT2D eigenvalue weighted by atomic mass is 32.1. The van der Waals surface area contributed by atoms with E-state index in [1.165, 1.54) is 0 Å². The number of anilines is 1. The van der Waals surface area contributed by atoms with Gasteiger partial charge in [0.15, 0.2) is 11.4 Å². The lowest BCUT2D eigenvalue weighted by Crippen LogP contribution is -2.13. The molecule has 0 bridgehead atoms. The molecule has 2 N–H and O–H groups in total. The summed E-state index contributed by atoms with van der Waals surface area (Å²) >= 11 is 4.92. The van der Waals surface area contributed by atoms with Crippen molar-refractivity contribution in [2.45, 2.75) is 6.54 Å². The average molecular weight is 318 g/mol. The number of amides is 1. The van der Waals surface area contributed by atoms with Crippen LogP contribution in [0, 0.1) is 4.84 Å². The zero-order valence-corrected chi connectivity index (χ0v) is 12.6. The molecule has 0 radical (unpaired) electrons. The zero-order valence-electron chi connectivity index (χ0n) is 11.8. The van der Waals surface area contributed by atoms with Gasteiger partial charge in [-0.1, -0.05) is 0 Å². The summed E-state index contributed by atoms with van der Waals surface area (Å²) < 4.78 is 12.0. The monoisotopic (exact) mass is 318 g/mol. The number of aromatic amines is 1. The van der Waals surface area contributed by atoms with Crippen LogP contribution in [-0.4, -0.2) is 34.4 Å². The fourth-order valence-corrected chi connectivity index (χ4v) is 2.21. The van der Waals surface area contributed by atoms with Crippen molar-refractivity contribution in [1.82, 2.24) is 14.8 Å². The van der Waals surface area contributed by atoms with Gasteiger partial charge in [-0.25, -0.2) is 0 Å². The predicted octanol–water partition coefficient (Wildman–Crippen LogP) is 2.59. The SMILES string of the molecule is COCCn1ccc(NC(=O)c2ccc3[nH]c(=S)oc3c2)n1. The molecule has 22 heavy (non-hydrogen) atoms. The van der Waals surface area contributed by atoms with Crippen LogP contribution < -0.4 is 5.32 Å². The Balaban J connectivity index is 1.74. The van der Waals surface area contributed by atoms with E-state index in [0.717, 1.165) is 5.52 Å². The molecule has 0 saturated carbocycles. The maximum atomic E-state index is 12.2. The number of carbonyl (C=O) groups is 1. The van der Waals surface area contributed by atoms with Crippen molar-refractivity contribution in [3.05, 3.63) is 40.9 Å². The number of oxazole rings is 1. The minimum atomic E-state index is -0.263. The number of hydrogen-bond donors (Lipinski definition) is 2. The first-order valence-electron chi connectivity index (χ1n) is 6.62. The van der Waals surface area contributed by atoms with E-state index in [4.69, 9.17) is 21.4 Å². The number of aromatic nitrogens is 3. The highest BCUT2D eigenvalue weighted by Crippen LogP contribution is 2.16. The molecule has 7 nitrogen and oxygen atoms in total. The average Bonchev–Trinajstić information content (AvgIpc) is 3.09. The highest BCUT2D eigenvalue weighted by molar-refractivity contribution is 7.71. The number of ether oxygens (including phenoxy) is 1. The van der Waals surface area contributed by atoms with Crippen molar-refractivity contribution in [3.8, 4) is 0 Å². The van der Waals surface area contributed by atoms with Gasteiger partial charge in [-0.05, 0) is 30.4 Å². The molecule has 0 unspecified atom stereocenters. The Morgan fingerprint density at radius 2 is 2.36 bits per heavy atom. The van der Waals surface area contributed by atoms with Gasteiger partial charge in [0.25, 0.3) is 10.7 Å². The van der Waals surface area contributed by atoms with Crippen molar-refractivity contribution < 1.29 is 13.9 Å². The number of carbonyl (C=O) groups excluding carboxylic acids is 1. The molecule has 2 aromatic heterocycles. The summed E-state index contributed by atoms with van der Waals surface area (Å²) in [7, 11) is 1.63. The number of fused-ring (bicyclic) bond motifs is 1. The fourth-order valence-electron chi connectivity index (χ4n) is 2.01. The first-order chi connectivity index (χ1) is 10.7. The standard InChI is InChI=1S/C14H14N4O3S/c1-20-7-6-18-5-4-12(17-18)16-13(19)9-2-3-10-11(8-9)21-14(22)15-10/h2-5,8H,6-7H2,1H3,(H,15,22)(H,16,17,19). The van der Waals surface area contributed by atoms with Gasteiger partial charge in [-0.15, -0.1) is 0 Å². The third-order valence-corrected chi connectivity index (χ3v) is 3.28. The van der Waals surface area contributed by atoms with Crippen molar-refractivity contribution >= 4 is 35.0 Å². The van der Waals surface area contributed by atoms with Crippen LogP contribution in [0.3, 0.4) is 0 Å². The number of methoxy groups -OCH3 is 1. The summed E-state index contributed by atoms with van der Waals surface area (Å²) in [5.74, 6) is 0.220. The quantitative estimate of drug-likeness (QED) is 0.706. The summed E-state index contributed by atoms with van der Waals surface area (Å²) in [5, 5.41) is 6.98. The summed E-state index contributed by atoms with van der Waals surface area (Å²) in [6, 6.07) is 6.81. The van der Waals surface area contributed by atoms with E-state index in [2.05, 4.69) is 15.4 Å². The van der Waals surface area contributed by atoms with Gasteiger partial charge < -0.3 is 19.5 Å². The molecule has 0 fully saturated rings. The zero-order chi connectivity index (χ0) is 15.5. The number of benzene rings is 1. The number of nitrogens with zero attached hydrogens (tertiary/aromatic N) is 2. The van der Waals surface area contributed by atoms with E-state index in [0.29, 0.717) is 30.1 Å². The Kier molecular flexibility index (Phi) is 4.03. The van der Waals surface area contributed by atoms with Crippen LogP contribution in [-0.2, 0) is 11.3 Å². The van der Waals surface area contributed by atoms with Crippen molar-refractivity contribution in [2.75, 3.05) is 19.0 Å². The van der Waals surface area contributed by atoms with Gasteiger partial charge in [0.2, 0.25) is 0 Å². The third-order valence-electron chi connectivity index (χ3n) is 3.09. The summed E-state index contributed by atoms with van der Waals surface area (Å²) in [6.07, 6.45) is 1.78. The van der Waals surface area contributed by atoms with Crippen molar-refractivity contribution in [2.24, 2.45) is 0 Å². The smallest absolute Gasteiger partial charge is 0.266 e. The van der Waals surface area contributed by atoms with Crippen molar-refractivity contribution in [3.63, 3.8) is 0 Å². The Morgan fingerprint density at radius 1 is 1.50 bits per heavy atom. The molecule has 2 heterocycles. The molecule has 0 atom stereocenters. The Bertz CT molecular complexity index is 864. The lowest BCUT2D eigenvalue weighted by molar-refractivity contribution is 0.102. The molecule has 1 aromatic carbocycles. The first-order valence-corrected chi connectivity index (χ1v) is 7.03. The molecule has 0 spiro atoms. The van der Waals surface area contributed by atoms with E-state index in [9.17, 15) is 4.79 Å². The van der Waals surface area contributed by atoms with Gasteiger partial charge in [0, 0.05) is 24.9 Å². The van der Waals surface area contributed by atoms with Gasteiger partial charge in [0.1, 0.15) is 0 Å². The minimum absolute atomic E-state index is 0.263. The Labute approximate surface area is 130 Å². The fraction of sp³-hybridized carbons (Fsp3) is 0.214. The Morgan fingerprint density at radius 3 is 3.18 bits per heavy atom. The number of H-pyrrole nitrogens is 1. The molecule has 3 rings (SSSR count). The van der Waals surface area contributed by atoms with E-state index in [-0.39, 0.29) is 10.7 Å². The van der Waals surface area contributed by atoms with Crippen LogP contribution in [0.5, 0.6) is 0 Å². The minimum Gasteiger partial charge on any atom is -0.429 e. The van der Waals surface area contributed by atoms with Gasteiger partial charge >= 0.3 is 0 Å². The highest BCUT2D eigenvalue weighted by Gasteiger charge is 2.10. The van der Waals surface area contributed by atoms with Gasteiger partial charge in [-0.2, -0.15) is 5.10 Å². The summed E-state index contributed by atoms with van der Waals surface area (Å²) in [4.78, 5) is 15.4. The van der Waals surface area contributed by atoms with Crippen LogP contribution in [0.1, 0.15) is 10.4 Å². The molecule has 3 aromatic rings. The van der Waals surface area contributed by atoms with Crippen molar-refractivity contribution in [1.29, 1.82) is 0 Å².